The van der Waals surface area contributed by atoms with E-state index in [0.717, 1.165) is 39.2 Å². The molecule has 0 saturated heterocycles. The topological polar surface area (TPSA) is 45.2 Å². The molecule has 1 aromatic carbocycles. The number of carbonyl (C=O) groups is 1. The van der Waals surface area contributed by atoms with Crippen LogP contribution in [-0.2, 0) is 17.8 Å². The van der Waals surface area contributed by atoms with Crippen molar-refractivity contribution in [2.75, 3.05) is 14.1 Å². The number of nitrogens with zero attached hydrogens (tertiary/aromatic N) is 2. The van der Waals surface area contributed by atoms with Gasteiger partial charge in [0, 0.05) is 50.1 Å². The number of amides is 1. The van der Waals surface area contributed by atoms with Crippen LogP contribution in [0.1, 0.15) is 54.3 Å². The number of nitrogens with one attached hydrogen (secondary N) is 1. The van der Waals surface area contributed by atoms with Gasteiger partial charge in [0.15, 0.2) is 0 Å². The van der Waals surface area contributed by atoms with E-state index in [1.807, 2.05) is 47.9 Å². The van der Waals surface area contributed by atoms with Crippen molar-refractivity contribution < 1.29 is 9.18 Å². The maximum atomic E-state index is 14.5. The predicted molar refractivity (Wildman–Crippen MR) is 141 cm³/mol. The molecule has 2 rings (SSSR count). The van der Waals surface area contributed by atoms with Crippen LogP contribution in [0.2, 0.25) is 0 Å². The second kappa shape index (κ2) is 11.6. The van der Waals surface area contributed by atoms with E-state index in [4.69, 9.17) is 0 Å². The number of benzene rings is 1. The lowest BCUT2D eigenvalue weighted by Gasteiger charge is -2.20. The third kappa shape index (κ3) is 7.01. The molecule has 0 fully saturated rings. The first-order chi connectivity index (χ1) is 15.9. The van der Waals surface area contributed by atoms with Crippen LogP contribution in [0.25, 0.3) is 11.6 Å². The monoisotopic (exact) mass is 461 g/mol. The van der Waals surface area contributed by atoms with Crippen molar-refractivity contribution in [2.24, 2.45) is 0 Å². The molecule has 1 heterocycles. The fourth-order valence-electron chi connectivity index (χ4n) is 3.74. The number of halogens is 1. The average Bonchev–Trinajstić information content (AvgIpc) is 2.75. The third-order valence-corrected chi connectivity index (χ3v) is 5.55. The molecule has 0 aliphatic rings. The largest absolute Gasteiger partial charge is 0.391 e. The van der Waals surface area contributed by atoms with Gasteiger partial charge in [0.25, 0.3) is 5.91 Å². The summed E-state index contributed by atoms with van der Waals surface area (Å²) in [7, 11) is 3.46. The van der Waals surface area contributed by atoms with Crippen molar-refractivity contribution in [1.82, 2.24) is 15.2 Å². The van der Waals surface area contributed by atoms with Crippen LogP contribution in [0.4, 0.5) is 4.39 Å². The quantitative estimate of drug-likeness (QED) is 0.360. The van der Waals surface area contributed by atoms with Gasteiger partial charge >= 0.3 is 0 Å². The van der Waals surface area contributed by atoms with Gasteiger partial charge in [-0.2, -0.15) is 0 Å². The van der Waals surface area contributed by atoms with E-state index in [9.17, 15) is 9.18 Å². The lowest BCUT2D eigenvalue weighted by Crippen LogP contribution is -2.28. The van der Waals surface area contributed by atoms with Crippen molar-refractivity contribution in [1.29, 1.82) is 0 Å². The highest BCUT2D eigenvalue weighted by molar-refractivity contribution is 5.95. The summed E-state index contributed by atoms with van der Waals surface area (Å²) in [4.78, 5) is 19.0. The van der Waals surface area contributed by atoms with Crippen molar-refractivity contribution in [3.63, 3.8) is 0 Å². The zero-order valence-electron chi connectivity index (χ0n) is 21.5. The Morgan fingerprint density at radius 2 is 1.82 bits per heavy atom. The minimum Gasteiger partial charge on any atom is -0.391 e. The van der Waals surface area contributed by atoms with E-state index in [-0.39, 0.29) is 18.3 Å². The Bertz CT molecular complexity index is 1170. The van der Waals surface area contributed by atoms with Crippen LogP contribution in [0, 0.1) is 19.7 Å². The normalized spacial score (nSPS) is 11.1. The Labute approximate surface area is 203 Å². The molecule has 0 aliphatic heterocycles. The first kappa shape index (κ1) is 26.8. The minimum atomic E-state index is -0.335. The van der Waals surface area contributed by atoms with Gasteiger partial charge in [-0.15, -0.1) is 0 Å². The molecule has 5 heteroatoms. The standard InChI is InChI=1S/C29H36FN3O/c1-18(2)10-28-21(6)11-23(16-32-28)14-25(31-8)12-22(7)29(34)33(9)17-24-15-26(19(3)4)20(5)13-27(24)30/h10-13,15-16,31H,3,7,14,17H2,1-2,4-6,8-9H3/b25-12-. The Morgan fingerprint density at radius 3 is 2.38 bits per heavy atom. The highest BCUT2D eigenvalue weighted by atomic mass is 19.1. The molecule has 1 aromatic heterocycles. The Morgan fingerprint density at radius 1 is 1.15 bits per heavy atom. The summed E-state index contributed by atoms with van der Waals surface area (Å²) >= 11 is 0. The Balaban J connectivity index is 2.16. The van der Waals surface area contributed by atoms with Crippen LogP contribution < -0.4 is 5.32 Å². The van der Waals surface area contributed by atoms with Gasteiger partial charge in [0.05, 0.1) is 5.69 Å². The highest BCUT2D eigenvalue weighted by Crippen LogP contribution is 2.23. The molecule has 180 valence electrons. The van der Waals surface area contributed by atoms with Crippen LogP contribution >= 0.6 is 0 Å². The van der Waals surface area contributed by atoms with Gasteiger partial charge in [-0.25, -0.2) is 4.39 Å². The Hall–Kier alpha value is -3.47. The first-order valence-electron chi connectivity index (χ1n) is 11.3. The summed E-state index contributed by atoms with van der Waals surface area (Å²) < 4.78 is 14.5. The summed E-state index contributed by atoms with van der Waals surface area (Å²) in [5, 5.41) is 3.15. The molecule has 0 aliphatic carbocycles. The molecular formula is C29H36FN3O. The van der Waals surface area contributed by atoms with E-state index in [2.05, 4.69) is 35.6 Å². The first-order valence-corrected chi connectivity index (χ1v) is 11.3. The van der Waals surface area contributed by atoms with Crippen LogP contribution in [-0.4, -0.2) is 29.9 Å². The number of hydrogen-bond acceptors (Lipinski definition) is 3. The van der Waals surface area contributed by atoms with Crippen molar-refractivity contribution in [3.05, 3.63) is 99.8 Å². The number of likely N-dealkylation sites (N-methyl/N-ethyl adjacent to an activating group) is 2. The molecule has 4 nitrogen and oxygen atoms in total. The van der Waals surface area contributed by atoms with E-state index in [0.29, 0.717) is 17.6 Å². The van der Waals surface area contributed by atoms with E-state index in [1.54, 1.807) is 19.2 Å². The number of aryl methyl sites for hydroxylation is 2. The van der Waals surface area contributed by atoms with E-state index >= 15 is 0 Å². The lowest BCUT2D eigenvalue weighted by atomic mass is 9.99. The summed E-state index contributed by atoms with van der Waals surface area (Å²) in [6.07, 6.45) is 6.23. The second-order valence-electron chi connectivity index (χ2n) is 9.09. The summed E-state index contributed by atoms with van der Waals surface area (Å²) in [5.41, 5.74) is 8.47. The van der Waals surface area contributed by atoms with E-state index < -0.39 is 0 Å². The molecular weight excluding hydrogens is 425 g/mol. The molecule has 1 amide bonds. The van der Waals surface area contributed by atoms with Gasteiger partial charge in [-0.3, -0.25) is 9.78 Å². The lowest BCUT2D eigenvalue weighted by molar-refractivity contribution is -0.126. The predicted octanol–water partition coefficient (Wildman–Crippen LogP) is 6.15. The van der Waals surface area contributed by atoms with Gasteiger partial charge in [-0.05, 0) is 81.2 Å². The van der Waals surface area contributed by atoms with Crippen LogP contribution in [0.15, 0.2) is 60.5 Å². The average molecular weight is 462 g/mol. The molecule has 1 N–H and O–H groups in total. The van der Waals surface area contributed by atoms with Gasteiger partial charge < -0.3 is 10.2 Å². The highest BCUT2D eigenvalue weighted by Gasteiger charge is 2.16. The minimum absolute atomic E-state index is 0.141. The maximum Gasteiger partial charge on any atom is 0.253 e. The number of carbonyl (C=O) groups excluding carboxylic acids is 1. The van der Waals surface area contributed by atoms with Crippen molar-refractivity contribution in [2.45, 2.75) is 47.6 Å². The van der Waals surface area contributed by atoms with Crippen LogP contribution in [0.3, 0.4) is 0 Å². The summed E-state index contributed by atoms with van der Waals surface area (Å²) in [5.74, 6) is -0.601. The number of rotatable bonds is 9. The van der Waals surface area contributed by atoms with Crippen LogP contribution in [0.5, 0.6) is 0 Å². The smallest absolute Gasteiger partial charge is 0.253 e. The Kier molecular flexibility index (Phi) is 9.13. The molecule has 0 bridgehead atoms. The van der Waals surface area contributed by atoms with Crippen molar-refractivity contribution in [3.8, 4) is 0 Å². The fourth-order valence-corrected chi connectivity index (χ4v) is 3.74. The summed E-state index contributed by atoms with van der Waals surface area (Å²) in [6, 6.07) is 5.36. The zero-order valence-corrected chi connectivity index (χ0v) is 21.5. The third-order valence-electron chi connectivity index (χ3n) is 5.55. The zero-order chi connectivity index (χ0) is 25.6. The molecule has 0 spiro atoms. The van der Waals surface area contributed by atoms with Gasteiger partial charge in [0.1, 0.15) is 5.82 Å². The molecule has 0 radical (unpaired) electrons. The number of pyridine rings is 1. The number of aromatic nitrogens is 1. The number of allylic oxidation sites excluding steroid dienone is 3. The summed E-state index contributed by atoms with van der Waals surface area (Å²) in [6.45, 7) is 17.9. The van der Waals surface area contributed by atoms with E-state index in [1.165, 1.54) is 16.5 Å². The molecule has 34 heavy (non-hydrogen) atoms. The number of hydrogen-bond donors (Lipinski definition) is 1. The molecule has 0 unspecified atom stereocenters. The fraction of sp³-hybridized carbons (Fsp3) is 0.310. The molecule has 0 atom stereocenters. The molecule has 0 saturated carbocycles. The SMILES string of the molecule is C=C(/C=C(/Cc1cnc(C=C(C)C)c(C)c1)NC)C(=O)N(C)Cc1cc(C(=C)C)c(C)cc1F. The second-order valence-corrected chi connectivity index (χ2v) is 9.09. The van der Waals surface area contributed by atoms with Gasteiger partial charge in [0.2, 0.25) is 0 Å². The van der Waals surface area contributed by atoms with Crippen molar-refractivity contribution >= 4 is 17.6 Å². The maximum absolute atomic E-state index is 14.5. The molecule has 2 aromatic rings. The van der Waals surface area contributed by atoms with Gasteiger partial charge in [-0.1, -0.05) is 30.4 Å².